The Balaban J connectivity index is 3.62. The third-order valence-electron chi connectivity index (χ3n) is 2.30. The number of rotatable bonds is 12. The molecule has 0 heterocycles. The Morgan fingerprint density at radius 1 is 0.773 bits per heavy atom. The van der Waals surface area contributed by atoms with Crippen LogP contribution >= 0.6 is 0 Å². The number of hydrogen-bond donors (Lipinski definition) is 0. The third-order valence-corrected chi connectivity index (χ3v) is 2.30. The Hall–Kier alpha value is -2.56. The highest BCUT2D eigenvalue weighted by Gasteiger charge is 2.01. The number of isocyanates is 2. The van der Waals surface area contributed by atoms with E-state index in [9.17, 15) is 19.2 Å². The molecule has 0 amide bonds. The standard InChI is InChI=1S/C14H18N2O6/c17-11-15-7-1-3-9-21-13(19)5-6-14(20)22-10-4-2-8-16-12-18/h5-6H,1-4,7-10H2. The maximum Gasteiger partial charge on any atom is 0.331 e. The van der Waals surface area contributed by atoms with Gasteiger partial charge in [-0.15, -0.1) is 0 Å². The largest absolute Gasteiger partial charge is 0.463 e. The minimum atomic E-state index is -0.642. The summed E-state index contributed by atoms with van der Waals surface area (Å²) in [5.74, 6) is -1.28. The monoisotopic (exact) mass is 310 g/mol. The van der Waals surface area contributed by atoms with Crippen LogP contribution in [0.5, 0.6) is 0 Å². The number of nitrogens with zero attached hydrogens (tertiary/aromatic N) is 2. The van der Waals surface area contributed by atoms with Crippen LogP contribution in [-0.2, 0) is 28.7 Å². The SMILES string of the molecule is O=C=NCCCCOC(=O)C=CC(=O)OCCCCN=C=O. The number of aliphatic imine (C=N–C) groups is 2. The number of unbranched alkanes of at least 4 members (excludes halogenated alkanes) is 2. The number of esters is 2. The molecule has 0 fully saturated rings. The van der Waals surface area contributed by atoms with Crippen molar-refractivity contribution in [3.05, 3.63) is 12.2 Å². The van der Waals surface area contributed by atoms with Gasteiger partial charge in [0.15, 0.2) is 0 Å². The summed E-state index contributed by atoms with van der Waals surface area (Å²) in [6.07, 6.45) is 7.17. The van der Waals surface area contributed by atoms with Crippen LogP contribution in [0.25, 0.3) is 0 Å². The smallest absolute Gasteiger partial charge is 0.331 e. The first-order chi connectivity index (χ1) is 10.7. The van der Waals surface area contributed by atoms with Crippen molar-refractivity contribution in [2.45, 2.75) is 25.7 Å². The Bertz CT molecular complexity index is 420. The molecule has 0 aromatic heterocycles. The lowest BCUT2D eigenvalue weighted by Crippen LogP contribution is -2.06. The quantitative estimate of drug-likeness (QED) is 0.174. The Kier molecular flexibility index (Phi) is 13.1. The summed E-state index contributed by atoms with van der Waals surface area (Å²) in [6, 6.07) is 0. The van der Waals surface area contributed by atoms with E-state index in [1.807, 2.05) is 0 Å². The Morgan fingerprint density at radius 3 is 1.55 bits per heavy atom. The van der Waals surface area contributed by atoms with Gasteiger partial charge in [-0.25, -0.2) is 29.2 Å². The molecule has 0 atom stereocenters. The minimum absolute atomic E-state index is 0.184. The molecular weight excluding hydrogens is 292 g/mol. The summed E-state index contributed by atoms with van der Waals surface area (Å²) in [5.41, 5.74) is 0. The molecule has 0 aromatic rings. The second-order valence-electron chi connectivity index (χ2n) is 4.03. The summed E-state index contributed by atoms with van der Waals surface area (Å²) in [4.78, 5) is 48.7. The van der Waals surface area contributed by atoms with Crippen molar-refractivity contribution in [1.82, 2.24) is 0 Å². The number of carbonyl (C=O) groups excluding carboxylic acids is 4. The van der Waals surface area contributed by atoms with Crippen LogP contribution in [0, 0.1) is 0 Å². The van der Waals surface area contributed by atoms with Crippen molar-refractivity contribution in [1.29, 1.82) is 0 Å². The second-order valence-corrected chi connectivity index (χ2v) is 4.03. The molecule has 0 spiro atoms. The molecule has 8 heteroatoms. The highest BCUT2D eigenvalue weighted by atomic mass is 16.5. The molecule has 0 rings (SSSR count). The molecule has 0 N–H and O–H groups in total. The normalized spacial score (nSPS) is 9.64. The minimum Gasteiger partial charge on any atom is -0.463 e. The molecule has 0 bridgehead atoms. The lowest BCUT2D eigenvalue weighted by atomic mass is 10.3. The molecule has 0 aliphatic rings. The zero-order valence-electron chi connectivity index (χ0n) is 12.2. The van der Waals surface area contributed by atoms with Crippen LogP contribution in [0.4, 0.5) is 0 Å². The number of ether oxygens (including phenoxy) is 2. The third kappa shape index (κ3) is 13.9. The predicted molar refractivity (Wildman–Crippen MR) is 75.5 cm³/mol. The number of hydrogen-bond acceptors (Lipinski definition) is 8. The van der Waals surface area contributed by atoms with E-state index in [0.717, 1.165) is 12.2 Å². The van der Waals surface area contributed by atoms with E-state index in [-0.39, 0.29) is 13.2 Å². The fourth-order valence-electron chi connectivity index (χ4n) is 1.25. The Morgan fingerprint density at radius 2 is 1.18 bits per heavy atom. The first kappa shape index (κ1) is 19.4. The van der Waals surface area contributed by atoms with E-state index in [1.54, 1.807) is 0 Å². The van der Waals surface area contributed by atoms with Gasteiger partial charge >= 0.3 is 11.9 Å². The van der Waals surface area contributed by atoms with Crippen LogP contribution in [0.3, 0.4) is 0 Å². The molecule has 120 valence electrons. The topological polar surface area (TPSA) is 111 Å². The Labute approximate surface area is 127 Å². The van der Waals surface area contributed by atoms with Crippen LogP contribution in [0.1, 0.15) is 25.7 Å². The fourth-order valence-corrected chi connectivity index (χ4v) is 1.25. The van der Waals surface area contributed by atoms with Gasteiger partial charge in [0.2, 0.25) is 12.2 Å². The van der Waals surface area contributed by atoms with E-state index >= 15 is 0 Å². The molecular formula is C14H18N2O6. The number of carbonyl (C=O) groups is 2. The molecule has 22 heavy (non-hydrogen) atoms. The fraction of sp³-hybridized carbons (Fsp3) is 0.571. The van der Waals surface area contributed by atoms with E-state index in [2.05, 4.69) is 9.98 Å². The van der Waals surface area contributed by atoms with Gasteiger partial charge in [0.1, 0.15) is 0 Å². The first-order valence-electron chi connectivity index (χ1n) is 6.79. The van der Waals surface area contributed by atoms with Crippen LogP contribution in [0.2, 0.25) is 0 Å². The van der Waals surface area contributed by atoms with Crippen LogP contribution in [-0.4, -0.2) is 50.4 Å². The van der Waals surface area contributed by atoms with Gasteiger partial charge in [-0.2, -0.15) is 0 Å². The van der Waals surface area contributed by atoms with E-state index < -0.39 is 11.9 Å². The average Bonchev–Trinajstić information content (AvgIpc) is 2.52. The highest BCUT2D eigenvalue weighted by molar-refractivity contribution is 5.91. The van der Waals surface area contributed by atoms with Gasteiger partial charge in [-0.05, 0) is 25.7 Å². The summed E-state index contributed by atoms with van der Waals surface area (Å²) in [6.45, 7) is 1.07. The maximum absolute atomic E-state index is 11.2. The molecule has 0 aliphatic heterocycles. The van der Waals surface area contributed by atoms with Gasteiger partial charge < -0.3 is 9.47 Å². The second kappa shape index (κ2) is 14.8. The first-order valence-corrected chi connectivity index (χ1v) is 6.79. The molecule has 0 aromatic carbocycles. The molecule has 0 unspecified atom stereocenters. The summed E-state index contributed by atoms with van der Waals surface area (Å²) < 4.78 is 9.64. The van der Waals surface area contributed by atoms with Crippen LogP contribution < -0.4 is 0 Å². The maximum atomic E-state index is 11.2. The predicted octanol–water partition coefficient (Wildman–Crippen LogP) is 0.861. The zero-order valence-corrected chi connectivity index (χ0v) is 12.2. The van der Waals surface area contributed by atoms with Gasteiger partial charge in [-0.3, -0.25) is 0 Å². The molecule has 0 saturated carbocycles. The van der Waals surface area contributed by atoms with E-state index in [0.29, 0.717) is 38.8 Å². The lowest BCUT2D eigenvalue weighted by Gasteiger charge is -2.01. The highest BCUT2D eigenvalue weighted by Crippen LogP contribution is 1.94. The van der Waals surface area contributed by atoms with Crippen molar-refractivity contribution in [3.8, 4) is 0 Å². The molecule has 0 aliphatic carbocycles. The van der Waals surface area contributed by atoms with Gasteiger partial charge in [0.05, 0.1) is 26.3 Å². The van der Waals surface area contributed by atoms with Gasteiger partial charge in [-0.1, -0.05) is 0 Å². The van der Waals surface area contributed by atoms with Gasteiger partial charge in [0, 0.05) is 12.2 Å². The summed E-state index contributed by atoms with van der Waals surface area (Å²) in [7, 11) is 0. The van der Waals surface area contributed by atoms with Crippen molar-refractivity contribution in [3.63, 3.8) is 0 Å². The lowest BCUT2D eigenvalue weighted by molar-refractivity contribution is -0.140. The molecule has 8 nitrogen and oxygen atoms in total. The van der Waals surface area contributed by atoms with Crippen molar-refractivity contribution < 1.29 is 28.7 Å². The zero-order chi connectivity index (χ0) is 16.5. The molecule has 0 radical (unpaired) electrons. The van der Waals surface area contributed by atoms with Crippen LogP contribution in [0.15, 0.2) is 22.1 Å². The van der Waals surface area contributed by atoms with Crippen molar-refractivity contribution >= 4 is 24.1 Å². The van der Waals surface area contributed by atoms with E-state index in [4.69, 9.17) is 9.47 Å². The van der Waals surface area contributed by atoms with E-state index in [1.165, 1.54) is 12.2 Å². The van der Waals surface area contributed by atoms with Crippen molar-refractivity contribution in [2.24, 2.45) is 9.98 Å². The summed E-state index contributed by atoms with van der Waals surface area (Å²) >= 11 is 0. The van der Waals surface area contributed by atoms with Gasteiger partial charge in [0.25, 0.3) is 0 Å². The summed E-state index contributed by atoms with van der Waals surface area (Å²) in [5, 5.41) is 0. The average molecular weight is 310 g/mol. The molecule has 0 saturated heterocycles. The van der Waals surface area contributed by atoms with Crippen molar-refractivity contribution in [2.75, 3.05) is 26.3 Å².